The largest absolute Gasteiger partial charge is 0.506 e. The van der Waals surface area contributed by atoms with Crippen LogP contribution in [0.25, 0.3) is 0 Å². The van der Waals surface area contributed by atoms with Crippen molar-refractivity contribution in [2.45, 2.75) is 26.2 Å². The zero-order valence-corrected chi connectivity index (χ0v) is 21.5. The van der Waals surface area contributed by atoms with Gasteiger partial charge in [0.25, 0.3) is 5.91 Å². The molecule has 5 amide bonds. The highest BCUT2D eigenvalue weighted by molar-refractivity contribution is 6.26. The number of anilines is 2. The van der Waals surface area contributed by atoms with Crippen molar-refractivity contribution in [3.05, 3.63) is 78.4 Å². The predicted molar refractivity (Wildman–Crippen MR) is 144 cm³/mol. The molecule has 0 aromatic heterocycles. The van der Waals surface area contributed by atoms with Crippen LogP contribution in [0.4, 0.5) is 16.2 Å². The fourth-order valence-corrected chi connectivity index (χ4v) is 4.36. The van der Waals surface area contributed by atoms with Crippen molar-refractivity contribution < 1.29 is 28.5 Å². The van der Waals surface area contributed by atoms with E-state index in [1.54, 1.807) is 72.8 Å². The van der Waals surface area contributed by atoms with Gasteiger partial charge in [0.2, 0.25) is 5.91 Å². The highest BCUT2D eigenvalue weighted by Crippen LogP contribution is 2.27. The lowest BCUT2D eigenvalue weighted by Crippen LogP contribution is -2.56. The molecule has 1 heterocycles. The molecule has 2 aromatic carbocycles. The van der Waals surface area contributed by atoms with Crippen LogP contribution < -0.4 is 20.3 Å². The van der Waals surface area contributed by atoms with E-state index in [9.17, 15) is 19.2 Å². The molecule has 0 spiro atoms. The number of hydrogen-bond acceptors (Lipinski definition) is 5. The second kappa shape index (κ2) is 12.1. The Labute approximate surface area is 221 Å². The minimum atomic E-state index is -0.708. The molecule has 1 aliphatic carbocycles. The Morgan fingerprint density at radius 1 is 1.03 bits per heavy atom. The van der Waals surface area contributed by atoms with Gasteiger partial charge in [0.1, 0.15) is 23.1 Å². The summed E-state index contributed by atoms with van der Waals surface area (Å²) in [4.78, 5) is 53.2. The van der Waals surface area contributed by atoms with Crippen LogP contribution in [0.3, 0.4) is 0 Å². The molecule has 2 aromatic rings. The van der Waals surface area contributed by atoms with Crippen LogP contribution in [-0.2, 0) is 20.8 Å². The Kier molecular flexibility index (Phi) is 8.47. The van der Waals surface area contributed by atoms with E-state index in [0.717, 1.165) is 23.3 Å². The molecular formula is C29H31N4O5+. The lowest BCUT2D eigenvalue weighted by Gasteiger charge is -2.26. The standard InChI is InChI=1S/C29H30N4O5/c1-3-4-17-30-26(34)18-20-13-15-21(16-14-20)33-28(36)22-9-5-7-11-24(22)32(29(33)37)19-27(35)31-23-10-6-8-12-25(23)38-2/h5-16,22H,3-4,17-19H2,1-2H3,(H-,30,31,34,35)/p+1. The summed E-state index contributed by atoms with van der Waals surface area (Å²) in [5.74, 6) is -1.14. The number of hydrogen-bond donors (Lipinski definition) is 2. The number of ether oxygens (including phenoxy) is 1. The lowest BCUT2D eigenvalue weighted by molar-refractivity contribution is -0.416. The molecule has 9 heteroatoms. The number of nitrogens with one attached hydrogen (secondary N) is 2. The second-order valence-corrected chi connectivity index (χ2v) is 8.98. The molecule has 38 heavy (non-hydrogen) atoms. The zero-order chi connectivity index (χ0) is 27.1. The molecule has 0 fully saturated rings. The Bertz CT molecular complexity index is 1330. The number of nitrogens with zero attached hydrogens (tertiary/aromatic N) is 2. The molecule has 1 aliphatic heterocycles. The van der Waals surface area contributed by atoms with Crippen molar-refractivity contribution in [3.63, 3.8) is 0 Å². The van der Waals surface area contributed by atoms with Gasteiger partial charge in [-0.1, -0.05) is 55.8 Å². The molecule has 0 saturated heterocycles. The summed E-state index contributed by atoms with van der Waals surface area (Å²) in [6.45, 7) is 2.40. The van der Waals surface area contributed by atoms with E-state index < -0.39 is 23.8 Å². The lowest BCUT2D eigenvalue weighted by atomic mass is 9.94. The van der Waals surface area contributed by atoms with Crippen LogP contribution in [0.1, 0.15) is 25.3 Å². The smallest absolute Gasteiger partial charge is 0.495 e. The number of methoxy groups -OCH3 is 1. The number of unbranched alkanes of at least 4 members (excludes halogenated alkanes) is 1. The first-order valence-electron chi connectivity index (χ1n) is 12.6. The SMILES string of the molecule is CCCCNC(=O)Cc1ccc(N2C(=O)C3C=CC=CC3=[N+](CC(=O)Nc3ccccc3OC)C2=O)cc1. The first kappa shape index (κ1) is 26.5. The third kappa shape index (κ3) is 5.88. The third-order valence-corrected chi connectivity index (χ3v) is 6.32. The number of para-hydroxylation sites is 2. The van der Waals surface area contributed by atoms with E-state index in [1.807, 2.05) is 0 Å². The molecular weight excluding hydrogens is 484 g/mol. The van der Waals surface area contributed by atoms with E-state index in [0.29, 0.717) is 29.4 Å². The molecule has 2 aliphatic rings. The van der Waals surface area contributed by atoms with Crippen LogP contribution in [-0.4, -0.2) is 54.2 Å². The fraction of sp³-hybridized carbons (Fsp3) is 0.276. The number of carbonyl (C=O) groups excluding carboxylic acids is 4. The van der Waals surface area contributed by atoms with Crippen molar-refractivity contribution in [3.8, 4) is 5.75 Å². The van der Waals surface area contributed by atoms with Gasteiger partial charge in [0.15, 0.2) is 6.54 Å². The van der Waals surface area contributed by atoms with Crippen LogP contribution in [0.5, 0.6) is 5.75 Å². The fourth-order valence-electron chi connectivity index (χ4n) is 4.36. The number of allylic oxidation sites excluding steroid dienone is 3. The van der Waals surface area contributed by atoms with Crippen LogP contribution in [0.2, 0.25) is 0 Å². The number of imide groups is 1. The quantitative estimate of drug-likeness (QED) is 0.372. The maximum absolute atomic E-state index is 13.6. The molecule has 9 nitrogen and oxygen atoms in total. The molecule has 4 rings (SSSR count). The number of carbonyl (C=O) groups is 4. The van der Waals surface area contributed by atoms with Crippen LogP contribution in [0, 0.1) is 5.92 Å². The summed E-state index contributed by atoms with van der Waals surface area (Å²) < 4.78 is 6.60. The van der Waals surface area contributed by atoms with Gasteiger partial charge in [-0.2, -0.15) is 9.37 Å². The van der Waals surface area contributed by atoms with Gasteiger partial charge < -0.3 is 15.4 Å². The van der Waals surface area contributed by atoms with Crippen molar-refractivity contribution in [1.82, 2.24) is 5.32 Å². The van der Waals surface area contributed by atoms with Gasteiger partial charge in [-0.15, -0.1) is 4.90 Å². The van der Waals surface area contributed by atoms with Crippen molar-refractivity contribution in [2.24, 2.45) is 5.92 Å². The molecule has 196 valence electrons. The van der Waals surface area contributed by atoms with Gasteiger partial charge >= 0.3 is 11.9 Å². The van der Waals surface area contributed by atoms with E-state index in [-0.39, 0.29) is 18.9 Å². The van der Waals surface area contributed by atoms with Gasteiger partial charge in [-0.25, -0.2) is 4.79 Å². The van der Waals surface area contributed by atoms with E-state index >= 15 is 0 Å². The first-order chi connectivity index (χ1) is 18.4. The Balaban J connectivity index is 1.55. The maximum atomic E-state index is 13.6. The highest BCUT2D eigenvalue weighted by Gasteiger charge is 2.48. The summed E-state index contributed by atoms with van der Waals surface area (Å²) in [6, 6.07) is 13.1. The number of urea groups is 1. The summed E-state index contributed by atoms with van der Waals surface area (Å²) in [5.41, 5.74) is 2.05. The second-order valence-electron chi connectivity index (χ2n) is 8.98. The molecule has 1 atom stereocenters. The number of amides is 5. The van der Waals surface area contributed by atoms with E-state index in [2.05, 4.69) is 17.6 Å². The molecule has 0 saturated carbocycles. The summed E-state index contributed by atoms with van der Waals surface area (Å²) in [6.07, 6.45) is 8.97. The number of rotatable bonds is 10. The molecule has 2 N–H and O–H groups in total. The summed E-state index contributed by atoms with van der Waals surface area (Å²) in [7, 11) is 1.51. The summed E-state index contributed by atoms with van der Waals surface area (Å²) in [5, 5.41) is 5.66. The molecule has 0 bridgehead atoms. The van der Waals surface area contributed by atoms with Crippen molar-refractivity contribution in [1.29, 1.82) is 0 Å². The average molecular weight is 516 g/mol. The first-order valence-corrected chi connectivity index (χ1v) is 12.6. The predicted octanol–water partition coefficient (Wildman–Crippen LogP) is 3.46. The van der Waals surface area contributed by atoms with Crippen LogP contribution >= 0.6 is 0 Å². The molecule has 0 radical (unpaired) electrons. The van der Waals surface area contributed by atoms with Gasteiger partial charge in [0, 0.05) is 6.54 Å². The maximum Gasteiger partial charge on any atom is 0.506 e. The number of benzene rings is 2. The van der Waals surface area contributed by atoms with Gasteiger partial charge in [0.05, 0.1) is 19.2 Å². The van der Waals surface area contributed by atoms with Crippen LogP contribution in [0.15, 0.2) is 72.8 Å². The average Bonchev–Trinajstić information content (AvgIpc) is 2.92. The Morgan fingerprint density at radius 3 is 2.53 bits per heavy atom. The minimum absolute atomic E-state index is 0.0815. The third-order valence-electron chi connectivity index (χ3n) is 6.32. The van der Waals surface area contributed by atoms with E-state index in [1.165, 1.54) is 11.7 Å². The summed E-state index contributed by atoms with van der Waals surface area (Å²) >= 11 is 0. The Morgan fingerprint density at radius 2 is 1.79 bits per heavy atom. The zero-order valence-electron chi connectivity index (χ0n) is 21.5. The Hall–Kier alpha value is -4.53. The molecule has 1 unspecified atom stereocenters. The topological polar surface area (TPSA) is 108 Å². The minimum Gasteiger partial charge on any atom is -0.495 e. The van der Waals surface area contributed by atoms with Crippen molar-refractivity contribution >= 4 is 40.8 Å². The monoisotopic (exact) mass is 515 g/mol. The van der Waals surface area contributed by atoms with E-state index in [4.69, 9.17) is 4.74 Å². The van der Waals surface area contributed by atoms with Gasteiger partial charge in [-0.05, 0) is 42.3 Å². The van der Waals surface area contributed by atoms with Crippen molar-refractivity contribution in [2.75, 3.05) is 30.4 Å². The highest BCUT2D eigenvalue weighted by atomic mass is 16.5. The number of fused-ring (bicyclic) bond motifs is 1. The normalized spacial score (nSPS) is 16.4. The van der Waals surface area contributed by atoms with Gasteiger partial charge in [-0.3, -0.25) is 9.59 Å².